The van der Waals surface area contributed by atoms with Crippen LogP contribution in [0.4, 0.5) is 0 Å². The molecule has 1 aromatic rings. The number of nitrogens with one attached hydrogen (secondary N) is 1. The van der Waals surface area contributed by atoms with Crippen molar-refractivity contribution in [2.45, 2.75) is 6.92 Å². The highest BCUT2D eigenvalue weighted by atomic mass is 16.3. The molecule has 0 atom stereocenters. The Morgan fingerprint density at radius 1 is 1.75 bits per heavy atom. The van der Waals surface area contributed by atoms with E-state index in [2.05, 4.69) is 5.32 Å². The minimum Gasteiger partial charge on any atom is -0.440 e. The van der Waals surface area contributed by atoms with Gasteiger partial charge in [0.2, 0.25) is 5.76 Å². The summed E-state index contributed by atoms with van der Waals surface area (Å²) in [6.45, 7) is 2.35. The molecule has 0 aliphatic heterocycles. The summed E-state index contributed by atoms with van der Waals surface area (Å²) in [6.07, 6.45) is 0. The third kappa shape index (κ3) is 1.64. The molecule has 0 aromatic carbocycles. The van der Waals surface area contributed by atoms with Gasteiger partial charge in [0.15, 0.2) is 5.76 Å². The van der Waals surface area contributed by atoms with Crippen LogP contribution in [-0.4, -0.2) is 12.5 Å². The molecule has 1 rings (SSSR count). The lowest BCUT2D eigenvalue weighted by Gasteiger charge is -1.95. The molecule has 4 heteroatoms. The molecule has 1 amide bonds. The zero-order valence-corrected chi connectivity index (χ0v) is 6.63. The number of carbonyl (C=O) groups is 1. The normalized spacial score (nSPS) is 9.00. The molecular weight excluding hydrogens is 156 g/mol. The van der Waals surface area contributed by atoms with E-state index < -0.39 is 0 Å². The molecule has 0 bridgehead atoms. The first-order chi connectivity index (χ1) is 5.77. The van der Waals surface area contributed by atoms with Crippen LogP contribution < -0.4 is 5.32 Å². The van der Waals surface area contributed by atoms with E-state index in [4.69, 9.17) is 9.68 Å². The van der Waals surface area contributed by atoms with E-state index in [1.807, 2.05) is 6.92 Å². The Labute approximate surface area is 69.8 Å². The molecule has 1 aromatic heterocycles. The highest BCUT2D eigenvalue weighted by Gasteiger charge is 2.08. The minimum atomic E-state index is -0.293. The first kappa shape index (κ1) is 8.34. The van der Waals surface area contributed by atoms with Crippen LogP contribution in [0.2, 0.25) is 0 Å². The molecule has 0 spiro atoms. The predicted molar refractivity (Wildman–Crippen MR) is 41.4 cm³/mol. The fourth-order valence-electron chi connectivity index (χ4n) is 0.768. The third-order valence-corrected chi connectivity index (χ3v) is 1.28. The van der Waals surface area contributed by atoms with Gasteiger partial charge in [-0.3, -0.25) is 4.79 Å². The molecule has 62 valence electrons. The van der Waals surface area contributed by atoms with Crippen molar-refractivity contribution in [1.82, 2.24) is 5.32 Å². The van der Waals surface area contributed by atoms with Gasteiger partial charge in [-0.15, -0.1) is 0 Å². The number of nitriles is 1. The Bertz CT molecular complexity index is 322. The third-order valence-electron chi connectivity index (χ3n) is 1.28. The van der Waals surface area contributed by atoms with Gasteiger partial charge < -0.3 is 9.73 Å². The standard InChI is InChI=1S/C8H8N2O2/c1-2-10-8(11)7-4-3-6(5-9)12-7/h3-4H,2H2,1H3,(H,10,11). The molecule has 0 aliphatic carbocycles. The van der Waals surface area contributed by atoms with Gasteiger partial charge in [0.1, 0.15) is 6.07 Å². The highest BCUT2D eigenvalue weighted by Crippen LogP contribution is 2.05. The van der Waals surface area contributed by atoms with Gasteiger partial charge in [-0.05, 0) is 19.1 Å². The van der Waals surface area contributed by atoms with Gasteiger partial charge in [0.05, 0.1) is 0 Å². The smallest absolute Gasteiger partial charge is 0.287 e. The predicted octanol–water partition coefficient (Wildman–Crippen LogP) is 0.901. The Morgan fingerprint density at radius 2 is 2.50 bits per heavy atom. The summed E-state index contributed by atoms with van der Waals surface area (Å²) in [5, 5.41) is 10.9. The molecule has 1 heterocycles. The summed E-state index contributed by atoms with van der Waals surface area (Å²) >= 11 is 0. The lowest BCUT2D eigenvalue weighted by atomic mass is 10.4. The topological polar surface area (TPSA) is 66.0 Å². The number of hydrogen-bond acceptors (Lipinski definition) is 3. The molecule has 0 aliphatic rings. The summed E-state index contributed by atoms with van der Waals surface area (Å²) < 4.78 is 4.87. The van der Waals surface area contributed by atoms with E-state index in [-0.39, 0.29) is 17.4 Å². The van der Waals surface area contributed by atoms with Gasteiger partial charge in [-0.2, -0.15) is 5.26 Å². The van der Waals surface area contributed by atoms with Crippen LogP contribution in [0.3, 0.4) is 0 Å². The molecule has 12 heavy (non-hydrogen) atoms. The van der Waals surface area contributed by atoms with E-state index in [0.29, 0.717) is 6.54 Å². The van der Waals surface area contributed by atoms with Crippen molar-refractivity contribution >= 4 is 5.91 Å². The van der Waals surface area contributed by atoms with E-state index in [9.17, 15) is 4.79 Å². The van der Waals surface area contributed by atoms with Gasteiger partial charge in [-0.25, -0.2) is 0 Å². The zero-order valence-electron chi connectivity index (χ0n) is 6.63. The fraction of sp³-hybridized carbons (Fsp3) is 0.250. The monoisotopic (exact) mass is 164 g/mol. The van der Waals surface area contributed by atoms with E-state index in [1.165, 1.54) is 12.1 Å². The Morgan fingerprint density at radius 3 is 3.00 bits per heavy atom. The van der Waals surface area contributed by atoms with Crippen molar-refractivity contribution in [3.8, 4) is 6.07 Å². The maximum absolute atomic E-state index is 11.1. The summed E-state index contributed by atoms with van der Waals surface area (Å²) in [5.41, 5.74) is 0. The van der Waals surface area contributed by atoms with Crippen molar-refractivity contribution < 1.29 is 9.21 Å². The largest absolute Gasteiger partial charge is 0.440 e. The van der Waals surface area contributed by atoms with Gasteiger partial charge in [0, 0.05) is 6.54 Å². The second-order valence-electron chi connectivity index (χ2n) is 2.14. The van der Waals surface area contributed by atoms with Crippen LogP contribution in [0.5, 0.6) is 0 Å². The molecule has 0 unspecified atom stereocenters. The van der Waals surface area contributed by atoms with E-state index >= 15 is 0 Å². The Balaban J connectivity index is 2.76. The zero-order chi connectivity index (χ0) is 8.97. The van der Waals surface area contributed by atoms with Gasteiger partial charge in [0.25, 0.3) is 5.91 Å². The maximum Gasteiger partial charge on any atom is 0.287 e. The number of furan rings is 1. The number of rotatable bonds is 2. The molecule has 0 saturated heterocycles. The number of carbonyl (C=O) groups excluding carboxylic acids is 1. The average molecular weight is 164 g/mol. The van der Waals surface area contributed by atoms with Crippen LogP contribution in [-0.2, 0) is 0 Å². The first-order valence-corrected chi connectivity index (χ1v) is 3.56. The van der Waals surface area contributed by atoms with Crippen molar-refractivity contribution in [2.75, 3.05) is 6.54 Å². The summed E-state index contributed by atoms with van der Waals surface area (Å²) in [4.78, 5) is 11.1. The summed E-state index contributed by atoms with van der Waals surface area (Å²) in [6, 6.07) is 4.74. The lowest BCUT2D eigenvalue weighted by molar-refractivity contribution is 0.0927. The van der Waals surface area contributed by atoms with Gasteiger partial charge >= 0.3 is 0 Å². The van der Waals surface area contributed by atoms with Gasteiger partial charge in [-0.1, -0.05) is 0 Å². The molecule has 0 fully saturated rings. The summed E-state index contributed by atoms with van der Waals surface area (Å²) in [5.74, 6) is 0.0312. The SMILES string of the molecule is CCNC(=O)c1ccc(C#N)o1. The Kier molecular flexibility index (Phi) is 2.49. The quantitative estimate of drug-likeness (QED) is 0.706. The van der Waals surface area contributed by atoms with Crippen LogP contribution in [0, 0.1) is 11.3 Å². The van der Waals surface area contributed by atoms with E-state index in [1.54, 1.807) is 6.07 Å². The van der Waals surface area contributed by atoms with Crippen molar-refractivity contribution in [2.24, 2.45) is 0 Å². The lowest BCUT2D eigenvalue weighted by Crippen LogP contribution is -2.21. The van der Waals surface area contributed by atoms with Crippen LogP contribution in [0.1, 0.15) is 23.2 Å². The average Bonchev–Trinajstić information content (AvgIpc) is 2.52. The van der Waals surface area contributed by atoms with Crippen molar-refractivity contribution in [3.05, 3.63) is 23.7 Å². The first-order valence-electron chi connectivity index (χ1n) is 3.56. The maximum atomic E-state index is 11.1. The second kappa shape index (κ2) is 3.58. The molecule has 0 radical (unpaired) electrons. The van der Waals surface area contributed by atoms with E-state index in [0.717, 1.165) is 0 Å². The molecule has 1 N–H and O–H groups in total. The second-order valence-corrected chi connectivity index (χ2v) is 2.14. The molecule has 4 nitrogen and oxygen atoms in total. The van der Waals surface area contributed by atoms with Crippen LogP contribution in [0.15, 0.2) is 16.5 Å². The van der Waals surface area contributed by atoms with Crippen LogP contribution in [0.25, 0.3) is 0 Å². The van der Waals surface area contributed by atoms with Crippen molar-refractivity contribution in [3.63, 3.8) is 0 Å². The minimum absolute atomic E-state index is 0.149. The number of nitrogens with zero attached hydrogens (tertiary/aromatic N) is 1. The van der Waals surface area contributed by atoms with Crippen molar-refractivity contribution in [1.29, 1.82) is 5.26 Å². The molecular formula is C8H8N2O2. The number of hydrogen-bond donors (Lipinski definition) is 1. The number of amides is 1. The Hall–Kier alpha value is -1.76. The highest BCUT2D eigenvalue weighted by molar-refractivity contribution is 5.91. The molecule has 0 saturated carbocycles. The summed E-state index contributed by atoms with van der Waals surface area (Å²) in [7, 11) is 0. The fourth-order valence-corrected chi connectivity index (χ4v) is 0.768. The van der Waals surface area contributed by atoms with Crippen LogP contribution >= 0.6 is 0 Å².